The number of aliphatic hydroxyl groups is 1. The summed E-state index contributed by atoms with van der Waals surface area (Å²) in [5.74, 6) is -0.824. The molecule has 5 rings (SSSR count). The number of rotatable bonds is 11. The quantitative estimate of drug-likeness (QED) is 0.187. The van der Waals surface area contributed by atoms with Crippen molar-refractivity contribution in [3.8, 4) is 17.2 Å². The predicted molar refractivity (Wildman–Crippen MR) is 162 cm³/mol. The molecule has 3 aromatic rings. The van der Waals surface area contributed by atoms with Crippen molar-refractivity contribution < 1.29 is 34.0 Å². The van der Waals surface area contributed by atoms with E-state index in [4.69, 9.17) is 14.2 Å². The summed E-state index contributed by atoms with van der Waals surface area (Å²) >= 11 is 0. The summed E-state index contributed by atoms with van der Waals surface area (Å²) in [7, 11) is 0. The lowest BCUT2D eigenvalue weighted by Gasteiger charge is -2.29. The Hall–Kier alpha value is -4.34. The van der Waals surface area contributed by atoms with Crippen molar-refractivity contribution in [3.05, 3.63) is 94.6 Å². The number of ether oxygens (including phenoxy) is 3. The first-order valence-electron chi connectivity index (χ1n) is 14.7. The molecule has 43 heavy (non-hydrogen) atoms. The van der Waals surface area contributed by atoms with Crippen LogP contribution in [0.3, 0.4) is 0 Å². The van der Waals surface area contributed by atoms with E-state index in [1.54, 1.807) is 37.3 Å². The molecule has 1 amide bonds. The minimum atomic E-state index is -0.848. The number of aryl methyl sites for hydroxylation is 1. The van der Waals surface area contributed by atoms with Gasteiger partial charge in [-0.25, -0.2) is 0 Å². The molecular weight excluding hydrogens is 548 g/mol. The van der Waals surface area contributed by atoms with Crippen LogP contribution in [-0.2, 0) is 20.9 Å². The topological polar surface area (TPSA) is 109 Å². The molecule has 0 aromatic heterocycles. The van der Waals surface area contributed by atoms with Crippen molar-refractivity contribution in [2.45, 2.75) is 32.9 Å². The van der Waals surface area contributed by atoms with Gasteiger partial charge in [-0.2, -0.15) is 0 Å². The zero-order valence-electron chi connectivity index (χ0n) is 24.6. The van der Waals surface area contributed by atoms with Crippen molar-refractivity contribution in [2.75, 3.05) is 46.0 Å². The van der Waals surface area contributed by atoms with Gasteiger partial charge in [0.05, 0.1) is 31.4 Å². The number of aliphatic hydroxyl groups excluding tert-OH is 1. The third-order valence-electron chi connectivity index (χ3n) is 7.80. The Morgan fingerprint density at radius 2 is 1.72 bits per heavy atom. The normalized spacial score (nSPS) is 18.7. The second kappa shape index (κ2) is 13.8. The van der Waals surface area contributed by atoms with Gasteiger partial charge in [-0.1, -0.05) is 36.4 Å². The van der Waals surface area contributed by atoms with E-state index in [9.17, 15) is 19.8 Å². The van der Waals surface area contributed by atoms with Crippen molar-refractivity contribution in [2.24, 2.45) is 0 Å². The maximum Gasteiger partial charge on any atom is 0.295 e. The molecule has 9 heteroatoms. The molecule has 0 unspecified atom stereocenters. The van der Waals surface area contributed by atoms with Gasteiger partial charge in [-0.3, -0.25) is 14.5 Å². The van der Waals surface area contributed by atoms with E-state index in [1.165, 1.54) is 11.0 Å². The minimum Gasteiger partial charge on any atom is -0.507 e. The number of nitrogens with zero attached hydrogens (tertiary/aromatic N) is 2. The molecular formula is C34H38N2O7. The largest absolute Gasteiger partial charge is 0.507 e. The van der Waals surface area contributed by atoms with E-state index >= 15 is 0 Å². The third kappa shape index (κ3) is 6.84. The highest BCUT2D eigenvalue weighted by Gasteiger charge is 2.46. The highest BCUT2D eigenvalue weighted by atomic mass is 16.5. The summed E-state index contributed by atoms with van der Waals surface area (Å²) in [6.07, 6.45) is 0.645. The summed E-state index contributed by atoms with van der Waals surface area (Å²) < 4.78 is 17.0. The number of morpholine rings is 1. The van der Waals surface area contributed by atoms with E-state index in [-0.39, 0.29) is 22.8 Å². The average molecular weight is 587 g/mol. The molecule has 2 aliphatic heterocycles. The van der Waals surface area contributed by atoms with Crippen molar-refractivity contribution in [1.29, 1.82) is 0 Å². The first kappa shape index (κ1) is 30.1. The van der Waals surface area contributed by atoms with E-state index in [0.717, 1.165) is 30.8 Å². The van der Waals surface area contributed by atoms with Crippen LogP contribution in [-0.4, -0.2) is 77.7 Å². The van der Waals surface area contributed by atoms with Crippen LogP contribution in [0.1, 0.15) is 41.6 Å². The fraction of sp³-hybridized carbons (Fsp3) is 0.353. The molecule has 0 saturated carbocycles. The highest BCUT2D eigenvalue weighted by Crippen LogP contribution is 2.42. The first-order valence-corrected chi connectivity index (χ1v) is 14.7. The Bertz CT molecular complexity index is 1480. The summed E-state index contributed by atoms with van der Waals surface area (Å²) in [6, 6.07) is 18.9. The Labute approximate surface area is 251 Å². The molecule has 0 aliphatic carbocycles. The van der Waals surface area contributed by atoms with Crippen LogP contribution in [0.4, 0.5) is 0 Å². The molecule has 2 N–H and O–H groups in total. The second-order valence-electron chi connectivity index (χ2n) is 10.7. The van der Waals surface area contributed by atoms with Crippen LogP contribution in [0.15, 0.2) is 72.3 Å². The lowest BCUT2D eigenvalue weighted by Crippen LogP contribution is -2.38. The Kier molecular flexibility index (Phi) is 9.64. The molecule has 2 aliphatic rings. The molecule has 2 saturated heterocycles. The van der Waals surface area contributed by atoms with Gasteiger partial charge in [0.2, 0.25) is 0 Å². The standard InChI is InChI=1S/C34H38N2O7/c1-3-42-29-21-25(10-12-27(29)37)31-30(33(39)34(40)36(31)15-7-14-35-16-18-41-19-17-35)32(38)26-11-13-28(23(2)20-26)43-22-24-8-5-4-6-9-24/h4-6,8-13,20-21,31,37-38H,3,7,14-19,22H2,1-2H3/t31-/m0/s1. The fourth-order valence-electron chi connectivity index (χ4n) is 5.57. The molecule has 1 atom stereocenters. The maximum absolute atomic E-state index is 13.5. The van der Waals surface area contributed by atoms with Gasteiger partial charge in [0, 0.05) is 31.7 Å². The molecule has 226 valence electrons. The summed E-state index contributed by atoms with van der Waals surface area (Å²) in [5.41, 5.74) is 2.78. The number of ketones is 1. The molecule has 0 radical (unpaired) electrons. The first-order chi connectivity index (χ1) is 20.9. The number of aromatic hydroxyl groups is 1. The van der Waals surface area contributed by atoms with Crippen LogP contribution >= 0.6 is 0 Å². The van der Waals surface area contributed by atoms with E-state index < -0.39 is 17.7 Å². The molecule has 3 aromatic carbocycles. The maximum atomic E-state index is 13.5. The number of phenolic OH excluding ortho intramolecular Hbond substituents is 1. The fourth-order valence-corrected chi connectivity index (χ4v) is 5.57. The molecule has 2 fully saturated rings. The molecule has 9 nitrogen and oxygen atoms in total. The smallest absolute Gasteiger partial charge is 0.295 e. The summed E-state index contributed by atoms with van der Waals surface area (Å²) in [4.78, 5) is 30.7. The number of likely N-dealkylation sites (tertiary alicyclic amines) is 1. The number of Topliss-reactive ketones (excluding diaryl/α,β-unsaturated/α-hetero) is 1. The van der Waals surface area contributed by atoms with Crippen LogP contribution in [0.25, 0.3) is 5.76 Å². The number of phenols is 1. The molecule has 2 heterocycles. The monoisotopic (exact) mass is 586 g/mol. The van der Waals surface area contributed by atoms with E-state index in [1.807, 2.05) is 37.3 Å². The van der Waals surface area contributed by atoms with Gasteiger partial charge in [-0.15, -0.1) is 0 Å². The lowest BCUT2D eigenvalue weighted by atomic mass is 9.94. The summed E-state index contributed by atoms with van der Waals surface area (Å²) in [6.45, 7) is 8.46. The number of amides is 1. The Balaban J connectivity index is 1.46. The van der Waals surface area contributed by atoms with Crippen LogP contribution < -0.4 is 9.47 Å². The van der Waals surface area contributed by atoms with Crippen LogP contribution in [0.5, 0.6) is 17.2 Å². The van der Waals surface area contributed by atoms with Gasteiger partial charge >= 0.3 is 0 Å². The van der Waals surface area contributed by atoms with Gasteiger partial charge in [0.1, 0.15) is 18.1 Å². The van der Waals surface area contributed by atoms with Gasteiger partial charge in [0.25, 0.3) is 11.7 Å². The zero-order valence-corrected chi connectivity index (χ0v) is 24.6. The van der Waals surface area contributed by atoms with Crippen LogP contribution in [0.2, 0.25) is 0 Å². The van der Waals surface area contributed by atoms with Gasteiger partial charge < -0.3 is 29.3 Å². The van der Waals surface area contributed by atoms with Crippen LogP contribution in [0, 0.1) is 6.92 Å². The third-order valence-corrected chi connectivity index (χ3v) is 7.80. The van der Waals surface area contributed by atoms with Gasteiger partial charge in [0.15, 0.2) is 11.5 Å². The number of benzene rings is 3. The summed E-state index contributed by atoms with van der Waals surface area (Å²) in [5, 5.41) is 21.9. The second-order valence-corrected chi connectivity index (χ2v) is 10.7. The Morgan fingerprint density at radius 3 is 2.44 bits per heavy atom. The molecule has 0 spiro atoms. The molecule has 0 bridgehead atoms. The van der Waals surface area contributed by atoms with Crippen molar-refractivity contribution in [3.63, 3.8) is 0 Å². The number of hydrogen-bond donors (Lipinski definition) is 2. The average Bonchev–Trinajstić information content (AvgIpc) is 3.27. The van der Waals surface area contributed by atoms with Crippen molar-refractivity contribution >= 4 is 17.4 Å². The lowest BCUT2D eigenvalue weighted by molar-refractivity contribution is -0.140. The van der Waals surface area contributed by atoms with Crippen molar-refractivity contribution in [1.82, 2.24) is 9.80 Å². The van der Waals surface area contributed by atoms with Gasteiger partial charge in [-0.05, 0) is 67.3 Å². The van der Waals surface area contributed by atoms with E-state index in [2.05, 4.69) is 4.90 Å². The number of carbonyl (C=O) groups is 2. The van der Waals surface area contributed by atoms with E-state index in [0.29, 0.717) is 56.3 Å². The Morgan fingerprint density at radius 1 is 0.953 bits per heavy atom. The highest BCUT2D eigenvalue weighted by molar-refractivity contribution is 6.46. The SMILES string of the molecule is CCOc1cc([C@H]2C(=C(O)c3ccc(OCc4ccccc4)c(C)c3)C(=O)C(=O)N2CCCN2CCOCC2)ccc1O. The zero-order chi connectivity index (χ0) is 30.3. The number of hydrogen-bond acceptors (Lipinski definition) is 8. The predicted octanol–water partition coefficient (Wildman–Crippen LogP) is 4.82. The minimum absolute atomic E-state index is 0.00173. The number of carbonyl (C=O) groups excluding carboxylic acids is 2.